The van der Waals surface area contributed by atoms with E-state index in [0.29, 0.717) is 6.42 Å². The average Bonchev–Trinajstić information content (AvgIpc) is 2.53. The van der Waals surface area contributed by atoms with Crippen LogP contribution in [0, 0.1) is 0 Å². The number of hydrogen-bond acceptors (Lipinski definition) is 3. The fourth-order valence-electron chi connectivity index (χ4n) is 1.81. The molecule has 0 bridgehead atoms. The second kappa shape index (κ2) is 4.08. The summed E-state index contributed by atoms with van der Waals surface area (Å²) in [5, 5.41) is 10.3. The van der Waals surface area contributed by atoms with Gasteiger partial charge < -0.3 is 14.6 Å². The van der Waals surface area contributed by atoms with Crippen LogP contribution >= 0.6 is 0 Å². The first-order valence-electron chi connectivity index (χ1n) is 5.22. The van der Waals surface area contributed by atoms with E-state index in [0.717, 1.165) is 0 Å². The third-order valence-corrected chi connectivity index (χ3v) is 2.77. The zero-order valence-corrected chi connectivity index (χ0v) is 9.69. The van der Waals surface area contributed by atoms with Crippen LogP contribution in [0.25, 0.3) is 0 Å². The van der Waals surface area contributed by atoms with Crippen molar-refractivity contribution in [3.05, 3.63) is 25.3 Å². The molecule has 1 heterocycles. The van der Waals surface area contributed by atoms with Gasteiger partial charge in [0, 0.05) is 0 Å². The van der Waals surface area contributed by atoms with Gasteiger partial charge in [-0.1, -0.05) is 19.1 Å². The Balaban J connectivity index is 2.93. The highest BCUT2D eigenvalue weighted by atomic mass is 16.8. The zero-order valence-electron chi connectivity index (χ0n) is 9.69. The van der Waals surface area contributed by atoms with Gasteiger partial charge in [-0.25, -0.2) is 0 Å². The molecule has 0 aromatic heterocycles. The molecule has 0 spiro atoms. The molecule has 1 saturated heterocycles. The third-order valence-electron chi connectivity index (χ3n) is 2.77. The Morgan fingerprint density at radius 1 is 1.40 bits per heavy atom. The van der Waals surface area contributed by atoms with E-state index < -0.39 is 17.5 Å². The molecule has 1 rings (SSSR count). The summed E-state index contributed by atoms with van der Waals surface area (Å²) in [7, 11) is 0. The van der Waals surface area contributed by atoms with Gasteiger partial charge in [0.25, 0.3) is 0 Å². The monoisotopic (exact) mass is 212 g/mol. The zero-order chi connectivity index (χ0) is 11.7. The summed E-state index contributed by atoms with van der Waals surface area (Å²) in [5.74, 6) is -0.685. The van der Waals surface area contributed by atoms with Crippen molar-refractivity contribution in [1.29, 1.82) is 0 Å². The summed E-state index contributed by atoms with van der Waals surface area (Å²) in [6.45, 7) is 12.9. The van der Waals surface area contributed by atoms with Gasteiger partial charge in [-0.2, -0.15) is 0 Å². The Labute approximate surface area is 91.4 Å². The van der Waals surface area contributed by atoms with Gasteiger partial charge in [0.15, 0.2) is 5.79 Å². The molecule has 1 aliphatic rings. The van der Waals surface area contributed by atoms with Crippen LogP contribution in [0.4, 0.5) is 0 Å². The molecule has 0 aliphatic carbocycles. The van der Waals surface area contributed by atoms with Crippen LogP contribution in [-0.4, -0.2) is 28.7 Å². The van der Waals surface area contributed by atoms with Crippen LogP contribution in [0.3, 0.4) is 0 Å². The lowest BCUT2D eigenvalue weighted by molar-refractivity contribution is -0.162. The predicted octanol–water partition coefficient (Wildman–Crippen LogP) is 2.02. The van der Waals surface area contributed by atoms with Crippen molar-refractivity contribution >= 4 is 0 Å². The molecule has 0 aromatic rings. The van der Waals surface area contributed by atoms with Gasteiger partial charge >= 0.3 is 0 Å². The molecular formula is C12H20O3. The summed E-state index contributed by atoms with van der Waals surface area (Å²) >= 11 is 0. The van der Waals surface area contributed by atoms with Crippen molar-refractivity contribution in [2.24, 2.45) is 0 Å². The molecule has 0 saturated carbocycles. The Bertz CT molecular complexity index is 260. The molecule has 15 heavy (non-hydrogen) atoms. The van der Waals surface area contributed by atoms with Gasteiger partial charge in [-0.3, -0.25) is 0 Å². The minimum atomic E-state index is -1.06. The highest BCUT2D eigenvalue weighted by Crippen LogP contribution is 2.36. The van der Waals surface area contributed by atoms with Crippen LogP contribution in [-0.2, 0) is 9.47 Å². The van der Waals surface area contributed by atoms with E-state index in [1.54, 1.807) is 6.08 Å². The third kappa shape index (κ3) is 2.30. The Hall–Kier alpha value is -0.640. The largest absolute Gasteiger partial charge is 0.383 e. The first kappa shape index (κ1) is 12.4. The summed E-state index contributed by atoms with van der Waals surface area (Å²) in [5.41, 5.74) is -1.06. The maximum atomic E-state index is 10.3. The SMILES string of the molecule is C=C[C@@H]1OC(C)(C)O[C@@H]1C(O)(C=C)CC. The van der Waals surface area contributed by atoms with Crippen molar-refractivity contribution in [2.45, 2.75) is 50.8 Å². The van der Waals surface area contributed by atoms with E-state index in [1.165, 1.54) is 6.08 Å². The quantitative estimate of drug-likeness (QED) is 0.725. The predicted molar refractivity (Wildman–Crippen MR) is 59.5 cm³/mol. The maximum absolute atomic E-state index is 10.3. The van der Waals surface area contributed by atoms with Crippen molar-refractivity contribution in [1.82, 2.24) is 0 Å². The molecule has 3 atom stereocenters. The molecule has 1 aliphatic heterocycles. The summed E-state index contributed by atoms with van der Waals surface area (Å²) in [6.07, 6.45) is 2.96. The smallest absolute Gasteiger partial charge is 0.164 e. The minimum Gasteiger partial charge on any atom is -0.383 e. The van der Waals surface area contributed by atoms with Crippen molar-refractivity contribution in [3.8, 4) is 0 Å². The Morgan fingerprint density at radius 3 is 2.40 bits per heavy atom. The van der Waals surface area contributed by atoms with Crippen molar-refractivity contribution in [2.75, 3.05) is 0 Å². The van der Waals surface area contributed by atoms with Gasteiger partial charge in [0.1, 0.15) is 17.8 Å². The van der Waals surface area contributed by atoms with E-state index in [9.17, 15) is 5.11 Å². The Kier molecular flexibility index (Phi) is 3.38. The number of rotatable bonds is 4. The lowest BCUT2D eigenvalue weighted by Gasteiger charge is -2.31. The van der Waals surface area contributed by atoms with Gasteiger partial charge in [-0.05, 0) is 20.3 Å². The lowest BCUT2D eigenvalue weighted by atomic mass is 9.90. The summed E-state index contributed by atoms with van der Waals surface area (Å²) in [6, 6.07) is 0. The van der Waals surface area contributed by atoms with Gasteiger partial charge in [0.05, 0.1) is 0 Å². The molecule has 0 aromatic carbocycles. The normalized spacial score (nSPS) is 33.3. The number of aliphatic hydroxyl groups is 1. The summed E-state index contributed by atoms with van der Waals surface area (Å²) in [4.78, 5) is 0. The highest BCUT2D eigenvalue weighted by Gasteiger charge is 2.48. The fourth-order valence-corrected chi connectivity index (χ4v) is 1.81. The van der Waals surface area contributed by atoms with Gasteiger partial charge in [-0.15, -0.1) is 13.2 Å². The van der Waals surface area contributed by atoms with Crippen molar-refractivity contribution < 1.29 is 14.6 Å². The minimum absolute atomic E-state index is 0.303. The first-order chi connectivity index (χ1) is 6.88. The molecule has 1 unspecified atom stereocenters. The van der Waals surface area contributed by atoms with Crippen LogP contribution < -0.4 is 0 Å². The molecule has 1 N–H and O–H groups in total. The molecule has 0 radical (unpaired) electrons. The topological polar surface area (TPSA) is 38.7 Å². The van der Waals surface area contributed by atoms with E-state index in [4.69, 9.17) is 9.47 Å². The van der Waals surface area contributed by atoms with Crippen LogP contribution in [0.2, 0.25) is 0 Å². The molecule has 3 nitrogen and oxygen atoms in total. The second-order valence-electron chi connectivity index (χ2n) is 4.31. The molecule has 0 amide bonds. The van der Waals surface area contributed by atoms with Crippen LogP contribution in [0.1, 0.15) is 27.2 Å². The van der Waals surface area contributed by atoms with E-state index >= 15 is 0 Å². The van der Waals surface area contributed by atoms with E-state index in [1.807, 2.05) is 20.8 Å². The fraction of sp³-hybridized carbons (Fsp3) is 0.667. The van der Waals surface area contributed by atoms with E-state index in [2.05, 4.69) is 13.2 Å². The molecular weight excluding hydrogens is 192 g/mol. The molecule has 86 valence electrons. The lowest BCUT2D eigenvalue weighted by Crippen LogP contribution is -2.45. The van der Waals surface area contributed by atoms with Gasteiger partial charge in [0.2, 0.25) is 0 Å². The molecule has 1 fully saturated rings. The highest BCUT2D eigenvalue weighted by molar-refractivity contribution is 5.09. The number of hydrogen-bond donors (Lipinski definition) is 1. The van der Waals surface area contributed by atoms with Crippen LogP contribution in [0.5, 0.6) is 0 Å². The van der Waals surface area contributed by atoms with E-state index in [-0.39, 0.29) is 6.10 Å². The maximum Gasteiger partial charge on any atom is 0.164 e. The summed E-state index contributed by atoms with van der Waals surface area (Å²) < 4.78 is 11.3. The first-order valence-corrected chi connectivity index (χ1v) is 5.22. The average molecular weight is 212 g/mol. The second-order valence-corrected chi connectivity index (χ2v) is 4.31. The van der Waals surface area contributed by atoms with Crippen LogP contribution in [0.15, 0.2) is 25.3 Å². The standard InChI is InChI=1S/C12H20O3/c1-6-9-10(12(13,7-2)8-3)15-11(4,5)14-9/h6-7,9-10,13H,1-2,8H2,3-5H3/t9-,10-,12?/m0/s1. The molecule has 3 heteroatoms. The number of ether oxygens (including phenoxy) is 2. The van der Waals surface area contributed by atoms with Crippen molar-refractivity contribution in [3.63, 3.8) is 0 Å². The Morgan fingerprint density at radius 2 is 2.00 bits per heavy atom.